The predicted octanol–water partition coefficient (Wildman–Crippen LogP) is 1.11. The van der Waals surface area contributed by atoms with Crippen LogP contribution in [0, 0.1) is 5.21 Å². The molecule has 0 atom stereocenters. The van der Waals surface area contributed by atoms with E-state index in [9.17, 15) is 5.21 Å². The zero-order chi connectivity index (χ0) is 10.7. The molecule has 0 bridgehead atoms. The monoisotopic (exact) mass is 205 g/mol. The van der Waals surface area contributed by atoms with Gasteiger partial charge in [-0.2, -0.15) is 0 Å². The second-order valence-corrected chi connectivity index (χ2v) is 3.16. The van der Waals surface area contributed by atoms with Gasteiger partial charge in [0.15, 0.2) is 5.76 Å². The highest BCUT2D eigenvalue weighted by molar-refractivity contribution is 5.94. The van der Waals surface area contributed by atoms with Crippen molar-refractivity contribution >= 4 is 5.71 Å². The number of hydrogen-bond acceptors (Lipinski definition) is 3. The Hall–Kier alpha value is -2.04. The van der Waals surface area contributed by atoms with Crippen LogP contribution in [0.1, 0.15) is 5.76 Å². The molecular formula is C10H11N3O2. The molecule has 0 aromatic carbocycles. The molecule has 0 spiro atoms. The van der Waals surface area contributed by atoms with E-state index in [2.05, 4.69) is 4.98 Å². The average molecular weight is 205 g/mol. The first-order valence-electron chi connectivity index (χ1n) is 4.53. The van der Waals surface area contributed by atoms with Gasteiger partial charge in [-0.3, -0.25) is 0 Å². The van der Waals surface area contributed by atoms with E-state index in [-0.39, 0.29) is 0 Å². The SMILES string of the molecule is C/[N+]([O-])=C(/Cn1ccnc1)c1ccco1. The molecule has 78 valence electrons. The molecule has 0 saturated carbocycles. The molecule has 0 aliphatic heterocycles. The fourth-order valence-electron chi connectivity index (χ4n) is 1.33. The van der Waals surface area contributed by atoms with Gasteiger partial charge >= 0.3 is 0 Å². The lowest BCUT2D eigenvalue weighted by atomic mass is 10.3. The third kappa shape index (κ3) is 2.07. The fraction of sp³-hybridized carbons (Fsp3) is 0.200. The number of nitrogens with zero attached hydrogens (tertiary/aromatic N) is 3. The quantitative estimate of drug-likeness (QED) is 0.326. The molecule has 0 N–H and O–H groups in total. The highest BCUT2D eigenvalue weighted by atomic mass is 16.5. The van der Waals surface area contributed by atoms with Gasteiger partial charge < -0.3 is 14.2 Å². The van der Waals surface area contributed by atoms with E-state index in [1.54, 1.807) is 37.1 Å². The third-order valence-corrected chi connectivity index (χ3v) is 2.08. The molecule has 2 heterocycles. The van der Waals surface area contributed by atoms with Crippen LogP contribution in [0.5, 0.6) is 0 Å². The smallest absolute Gasteiger partial charge is 0.249 e. The molecule has 2 aromatic heterocycles. The van der Waals surface area contributed by atoms with Gasteiger partial charge in [0, 0.05) is 12.4 Å². The lowest BCUT2D eigenvalue weighted by Gasteiger charge is -2.05. The molecule has 5 heteroatoms. The van der Waals surface area contributed by atoms with Gasteiger partial charge in [-0.15, -0.1) is 0 Å². The second-order valence-electron chi connectivity index (χ2n) is 3.16. The number of imidazole rings is 1. The summed E-state index contributed by atoms with van der Waals surface area (Å²) in [5, 5.41) is 11.4. The van der Waals surface area contributed by atoms with E-state index in [1.165, 1.54) is 7.05 Å². The van der Waals surface area contributed by atoms with Crippen LogP contribution < -0.4 is 0 Å². The summed E-state index contributed by atoms with van der Waals surface area (Å²) in [6.45, 7) is 0.452. The van der Waals surface area contributed by atoms with Crippen molar-refractivity contribution in [2.24, 2.45) is 0 Å². The lowest BCUT2D eigenvalue weighted by Crippen LogP contribution is -2.18. The van der Waals surface area contributed by atoms with Crippen LogP contribution in [0.3, 0.4) is 0 Å². The van der Waals surface area contributed by atoms with Gasteiger partial charge in [-0.25, -0.2) is 9.72 Å². The van der Waals surface area contributed by atoms with Crippen LogP contribution in [-0.2, 0) is 6.54 Å². The summed E-state index contributed by atoms with van der Waals surface area (Å²) in [6.07, 6.45) is 6.68. The third-order valence-electron chi connectivity index (χ3n) is 2.08. The highest BCUT2D eigenvalue weighted by Crippen LogP contribution is 2.04. The fourth-order valence-corrected chi connectivity index (χ4v) is 1.33. The van der Waals surface area contributed by atoms with Crippen molar-refractivity contribution in [2.45, 2.75) is 6.54 Å². The second kappa shape index (κ2) is 4.00. The maximum Gasteiger partial charge on any atom is 0.249 e. The van der Waals surface area contributed by atoms with Crippen molar-refractivity contribution < 1.29 is 9.16 Å². The van der Waals surface area contributed by atoms with Gasteiger partial charge in [0.2, 0.25) is 5.71 Å². The summed E-state index contributed by atoms with van der Waals surface area (Å²) in [6, 6.07) is 3.52. The van der Waals surface area contributed by atoms with Crippen molar-refractivity contribution in [1.82, 2.24) is 9.55 Å². The molecule has 0 aliphatic carbocycles. The zero-order valence-corrected chi connectivity index (χ0v) is 8.33. The van der Waals surface area contributed by atoms with Gasteiger partial charge in [-0.1, -0.05) is 0 Å². The topological polar surface area (TPSA) is 57.0 Å². The molecule has 2 rings (SSSR count). The van der Waals surface area contributed by atoms with Gasteiger partial charge in [0.25, 0.3) is 0 Å². The van der Waals surface area contributed by atoms with E-state index < -0.39 is 0 Å². The van der Waals surface area contributed by atoms with Crippen molar-refractivity contribution in [1.29, 1.82) is 0 Å². The molecular weight excluding hydrogens is 194 g/mol. The summed E-state index contributed by atoms with van der Waals surface area (Å²) in [5.74, 6) is 0.584. The zero-order valence-electron chi connectivity index (χ0n) is 8.33. The Morgan fingerprint density at radius 1 is 1.67 bits per heavy atom. The van der Waals surface area contributed by atoms with Crippen LogP contribution in [0.4, 0.5) is 0 Å². The van der Waals surface area contributed by atoms with E-state index in [4.69, 9.17) is 4.42 Å². The van der Waals surface area contributed by atoms with E-state index >= 15 is 0 Å². The Kier molecular flexibility index (Phi) is 2.53. The predicted molar refractivity (Wildman–Crippen MR) is 54.6 cm³/mol. The van der Waals surface area contributed by atoms with Crippen LogP contribution in [0.25, 0.3) is 0 Å². The van der Waals surface area contributed by atoms with Crippen LogP contribution in [0.2, 0.25) is 0 Å². The summed E-state index contributed by atoms with van der Waals surface area (Å²) in [4.78, 5) is 3.91. The average Bonchev–Trinajstić information content (AvgIpc) is 2.87. The molecule has 0 unspecified atom stereocenters. The summed E-state index contributed by atoms with van der Waals surface area (Å²) >= 11 is 0. The Bertz CT molecular complexity index is 439. The summed E-state index contributed by atoms with van der Waals surface area (Å²) in [7, 11) is 1.45. The van der Waals surface area contributed by atoms with E-state index in [0.717, 1.165) is 4.74 Å². The Morgan fingerprint density at radius 2 is 2.53 bits per heavy atom. The Balaban J connectivity index is 2.27. The normalized spacial score (nSPS) is 12.6. The summed E-state index contributed by atoms with van der Waals surface area (Å²) < 4.78 is 7.81. The molecule has 0 aliphatic rings. The number of rotatable bonds is 3. The van der Waals surface area contributed by atoms with E-state index in [1.807, 2.05) is 4.57 Å². The molecule has 5 nitrogen and oxygen atoms in total. The van der Waals surface area contributed by atoms with Crippen molar-refractivity contribution in [3.63, 3.8) is 0 Å². The Morgan fingerprint density at radius 3 is 3.07 bits per heavy atom. The first-order valence-corrected chi connectivity index (χ1v) is 4.53. The minimum Gasteiger partial charge on any atom is -0.624 e. The molecule has 0 amide bonds. The number of hydrogen-bond donors (Lipinski definition) is 0. The van der Waals surface area contributed by atoms with Crippen LogP contribution in [0.15, 0.2) is 41.5 Å². The largest absolute Gasteiger partial charge is 0.624 e. The number of aromatic nitrogens is 2. The maximum atomic E-state index is 11.4. The van der Waals surface area contributed by atoms with Crippen molar-refractivity contribution in [3.05, 3.63) is 48.1 Å². The molecule has 0 radical (unpaired) electrons. The minimum atomic E-state index is 0.452. The molecule has 2 aromatic rings. The standard InChI is InChI=1S/C10H11N3O2/c1-12(14)9(10-3-2-6-15-10)7-13-5-4-11-8-13/h2-6,8H,7H2,1H3/b12-9+. The minimum absolute atomic E-state index is 0.452. The number of hydroxylamine groups is 1. The highest BCUT2D eigenvalue weighted by Gasteiger charge is 2.14. The maximum absolute atomic E-state index is 11.4. The van der Waals surface area contributed by atoms with Crippen LogP contribution in [-0.4, -0.2) is 27.0 Å². The molecule has 0 fully saturated rings. The van der Waals surface area contributed by atoms with Gasteiger partial charge in [-0.05, 0) is 12.1 Å². The summed E-state index contributed by atoms with van der Waals surface area (Å²) in [5.41, 5.74) is 0.568. The van der Waals surface area contributed by atoms with Crippen LogP contribution >= 0.6 is 0 Å². The molecule has 0 saturated heterocycles. The Labute approximate surface area is 86.9 Å². The van der Waals surface area contributed by atoms with Crippen molar-refractivity contribution in [3.8, 4) is 0 Å². The lowest BCUT2D eigenvalue weighted by molar-refractivity contribution is -0.424. The van der Waals surface area contributed by atoms with E-state index in [0.29, 0.717) is 18.0 Å². The first-order chi connectivity index (χ1) is 7.27. The number of furan rings is 1. The first kappa shape index (κ1) is 9.51. The molecule has 15 heavy (non-hydrogen) atoms. The van der Waals surface area contributed by atoms with Gasteiger partial charge in [0.1, 0.15) is 13.6 Å². The van der Waals surface area contributed by atoms with Gasteiger partial charge in [0.05, 0.1) is 12.6 Å². The van der Waals surface area contributed by atoms with Crippen molar-refractivity contribution in [2.75, 3.05) is 7.05 Å².